The second-order valence-corrected chi connectivity index (χ2v) is 2.43. The number of halogens is 1. The number of hydrogen-bond acceptors (Lipinski definition) is 4. The molecule has 0 bridgehead atoms. The van der Waals surface area contributed by atoms with E-state index in [0.717, 1.165) is 0 Å². The molecule has 0 saturated heterocycles. The molecule has 0 aliphatic rings. The van der Waals surface area contributed by atoms with Crippen molar-refractivity contribution in [1.82, 2.24) is 9.97 Å². The van der Waals surface area contributed by atoms with Crippen LogP contribution in [0, 0.1) is 0 Å². The van der Waals surface area contributed by atoms with E-state index in [1.165, 1.54) is 6.20 Å². The van der Waals surface area contributed by atoms with Gasteiger partial charge in [-0.05, 0) is 15.9 Å². The number of anilines is 1. The Hall–Kier alpha value is -0.970. The van der Waals surface area contributed by atoms with E-state index in [1.54, 1.807) is 0 Å². The molecular formula is C5H4BrN3O. The summed E-state index contributed by atoms with van der Waals surface area (Å²) in [4.78, 5) is 17.4. The van der Waals surface area contributed by atoms with Gasteiger partial charge in [0.2, 0.25) is 0 Å². The Balaban J connectivity index is 3.16. The van der Waals surface area contributed by atoms with Crippen LogP contribution in [-0.2, 0) is 0 Å². The van der Waals surface area contributed by atoms with Crippen LogP contribution in [0.5, 0.6) is 0 Å². The zero-order valence-electron chi connectivity index (χ0n) is 4.91. The van der Waals surface area contributed by atoms with E-state index in [4.69, 9.17) is 5.73 Å². The average molecular weight is 202 g/mol. The Kier molecular flexibility index (Phi) is 1.96. The predicted molar refractivity (Wildman–Crippen MR) is 39.5 cm³/mol. The van der Waals surface area contributed by atoms with Crippen molar-refractivity contribution in [2.45, 2.75) is 0 Å². The van der Waals surface area contributed by atoms with Gasteiger partial charge in [-0.2, -0.15) is 0 Å². The number of aromatic nitrogens is 2. The van der Waals surface area contributed by atoms with Gasteiger partial charge in [0.05, 0.1) is 4.47 Å². The number of nitrogens with two attached hydrogens (primary N) is 1. The van der Waals surface area contributed by atoms with Crippen molar-refractivity contribution in [3.63, 3.8) is 0 Å². The zero-order valence-corrected chi connectivity index (χ0v) is 6.50. The molecule has 52 valence electrons. The number of nitrogen functional groups attached to an aromatic ring is 1. The van der Waals surface area contributed by atoms with Crippen molar-refractivity contribution in [3.05, 3.63) is 16.5 Å². The number of nitrogens with zero attached hydrogens (tertiary/aromatic N) is 2. The number of aldehydes is 1. The summed E-state index contributed by atoms with van der Waals surface area (Å²) < 4.78 is 0.595. The second-order valence-electron chi connectivity index (χ2n) is 1.58. The molecule has 0 saturated carbocycles. The van der Waals surface area contributed by atoms with E-state index in [0.29, 0.717) is 10.8 Å². The van der Waals surface area contributed by atoms with Crippen LogP contribution in [0.2, 0.25) is 0 Å². The van der Waals surface area contributed by atoms with Crippen molar-refractivity contribution >= 4 is 28.0 Å². The summed E-state index contributed by atoms with van der Waals surface area (Å²) in [6.07, 6.45) is 1.98. The Morgan fingerprint density at radius 3 is 2.90 bits per heavy atom. The van der Waals surface area contributed by atoms with Crippen LogP contribution in [0.3, 0.4) is 0 Å². The first-order valence-corrected chi connectivity index (χ1v) is 3.26. The fourth-order valence-electron chi connectivity index (χ4n) is 0.451. The van der Waals surface area contributed by atoms with Crippen LogP contribution in [0.15, 0.2) is 10.7 Å². The van der Waals surface area contributed by atoms with Crippen molar-refractivity contribution in [2.24, 2.45) is 0 Å². The SMILES string of the molecule is Nc1nc(C=O)ncc1Br. The Morgan fingerprint density at radius 2 is 2.40 bits per heavy atom. The molecule has 0 amide bonds. The van der Waals surface area contributed by atoms with E-state index in [-0.39, 0.29) is 11.6 Å². The van der Waals surface area contributed by atoms with E-state index in [9.17, 15) is 4.79 Å². The van der Waals surface area contributed by atoms with Gasteiger partial charge >= 0.3 is 0 Å². The molecule has 0 aliphatic heterocycles. The summed E-state index contributed by atoms with van der Waals surface area (Å²) in [7, 11) is 0. The molecule has 1 heterocycles. The minimum absolute atomic E-state index is 0.0979. The van der Waals surface area contributed by atoms with Gasteiger partial charge in [0.1, 0.15) is 5.82 Å². The summed E-state index contributed by atoms with van der Waals surface area (Å²) >= 11 is 3.09. The third-order valence-corrected chi connectivity index (χ3v) is 1.51. The lowest BCUT2D eigenvalue weighted by Gasteiger charge is -1.94. The van der Waals surface area contributed by atoms with Crippen molar-refractivity contribution in [3.8, 4) is 0 Å². The van der Waals surface area contributed by atoms with Gasteiger partial charge in [0, 0.05) is 6.20 Å². The molecule has 0 unspecified atom stereocenters. The number of hydrogen-bond donors (Lipinski definition) is 1. The fraction of sp³-hybridized carbons (Fsp3) is 0. The summed E-state index contributed by atoms with van der Waals surface area (Å²) in [6.45, 7) is 0. The maximum atomic E-state index is 10.1. The number of carbonyl (C=O) groups excluding carboxylic acids is 1. The van der Waals surface area contributed by atoms with E-state index >= 15 is 0 Å². The summed E-state index contributed by atoms with van der Waals surface area (Å²) in [5.41, 5.74) is 5.34. The van der Waals surface area contributed by atoms with Crippen LogP contribution in [0.25, 0.3) is 0 Å². The molecule has 0 spiro atoms. The van der Waals surface area contributed by atoms with Crippen molar-refractivity contribution in [2.75, 3.05) is 5.73 Å². The van der Waals surface area contributed by atoms with Crippen molar-refractivity contribution < 1.29 is 4.79 Å². The van der Waals surface area contributed by atoms with Crippen LogP contribution >= 0.6 is 15.9 Å². The average Bonchev–Trinajstić information content (AvgIpc) is 1.95. The first-order valence-electron chi connectivity index (χ1n) is 2.47. The third kappa shape index (κ3) is 1.30. The van der Waals surface area contributed by atoms with Crippen LogP contribution in [-0.4, -0.2) is 16.3 Å². The Bertz CT molecular complexity index is 263. The topological polar surface area (TPSA) is 68.9 Å². The Labute approximate surface area is 65.6 Å². The monoisotopic (exact) mass is 201 g/mol. The zero-order chi connectivity index (χ0) is 7.56. The van der Waals surface area contributed by atoms with Gasteiger partial charge < -0.3 is 5.73 Å². The smallest absolute Gasteiger partial charge is 0.194 e. The molecular weight excluding hydrogens is 198 g/mol. The van der Waals surface area contributed by atoms with E-state index in [2.05, 4.69) is 25.9 Å². The highest BCUT2D eigenvalue weighted by atomic mass is 79.9. The molecule has 2 N–H and O–H groups in total. The quantitative estimate of drug-likeness (QED) is 0.678. The third-order valence-electron chi connectivity index (χ3n) is 0.895. The normalized spacial score (nSPS) is 9.30. The lowest BCUT2D eigenvalue weighted by atomic mass is 10.5. The van der Waals surface area contributed by atoms with E-state index in [1.807, 2.05) is 0 Å². The fourth-order valence-corrected chi connectivity index (χ4v) is 0.642. The Morgan fingerprint density at radius 1 is 1.70 bits per heavy atom. The first kappa shape index (κ1) is 7.14. The van der Waals surface area contributed by atoms with Gasteiger partial charge in [-0.1, -0.05) is 0 Å². The van der Waals surface area contributed by atoms with Gasteiger partial charge in [-0.25, -0.2) is 9.97 Å². The molecule has 0 aliphatic carbocycles. The summed E-state index contributed by atoms with van der Waals surface area (Å²) in [5, 5.41) is 0. The molecule has 0 aromatic carbocycles. The molecule has 1 rings (SSSR count). The van der Waals surface area contributed by atoms with Gasteiger partial charge in [-0.3, -0.25) is 4.79 Å². The maximum Gasteiger partial charge on any atom is 0.194 e. The minimum atomic E-state index is 0.0979. The second kappa shape index (κ2) is 2.74. The van der Waals surface area contributed by atoms with Gasteiger partial charge in [-0.15, -0.1) is 0 Å². The minimum Gasteiger partial charge on any atom is -0.383 e. The van der Waals surface area contributed by atoms with Gasteiger partial charge in [0.25, 0.3) is 0 Å². The molecule has 5 heteroatoms. The summed E-state index contributed by atoms with van der Waals surface area (Å²) in [6, 6.07) is 0. The molecule has 0 radical (unpaired) electrons. The predicted octanol–water partition coefficient (Wildman–Crippen LogP) is 0.634. The molecule has 1 aromatic heterocycles. The first-order chi connectivity index (χ1) is 4.74. The lowest BCUT2D eigenvalue weighted by Crippen LogP contribution is -1.98. The molecule has 0 atom stereocenters. The number of carbonyl (C=O) groups is 1. The molecule has 0 fully saturated rings. The van der Waals surface area contributed by atoms with Gasteiger partial charge in [0.15, 0.2) is 12.1 Å². The van der Waals surface area contributed by atoms with Crippen LogP contribution in [0.1, 0.15) is 10.6 Å². The highest BCUT2D eigenvalue weighted by Crippen LogP contribution is 2.13. The standard InChI is InChI=1S/C5H4BrN3O/c6-3-1-8-4(2-10)9-5(3)7/h1-2H,(H2,7,8,9). The van der Waals surface area contributed by atoms with E-state index < -0.39 is 0 Å². The molecule has 4 nitrogen and oxygen atoms in total. The largest absolute Gasteiger partial charge is 0.383 e. The van der Waals surface area contributed by atoms with Crippen LogP contribution < -0.4 is 5.73 Å². The highest BCUT2D eigenvalue weighted by molar-refractivity contribution is 9.10. The lowest BCUT2D eigenvalue weighted by molar-refractivity contribution is 0.111. The highest BCUT2D eigenvalue weighted by Gasteiger charge is 1.98. The molecule has 10 heavy (non-hydrogen) atoms. The van der Waals surface area contributed by atoms with Crippen LogP contribution in [0.4, 0.5) is 5.82 Å². The summed E-state index contributed by atoms with van der Waals surface area (Å²) in [5.74, 6) is 0.373. The molecule has 1 aromatic rings. The van der Waals surface area contributed by atoms with Crippen molar-refractivity contribution in [1.29, 1.82) is 0 Å². The maximum absolute atomic E-state index is 10.1. The number of rotatable bonds is 1.